The van der Waals surface area contributed by atoms with Crippen molar-refractivity contribution in [1.82, 2.24) is 5.32 Å². The molecule has 1 atom stereocenters. The van der Waals surface area contributed by atoms with Gasteiger partial charge >= 0.3 is 0 Å². The molecule has 0 radical (unpaired) electrons. The highest BCUT2D eigenvalue weighted by atomic mass is 16.3. The number of aliphatic hydroxyl groups is 1. The van der Waals surface area contributed by atoms with Crippen LogP contribution < -0.4 is 5.32 Å². The fourth-order valence-corrected chi connectivity index (χ4v) is 1.51. The summed E-state index contributed by atoms with van der Waals surface area (Å²) in [6.45, 7) is 9.90. The zero-order valence-corrected chi connectivity index (χ0v) is 10.6. The molecule has 0 aliphatic heterocycles. The smallest absolute Gasteiger partial charge is 0.223 e. The molecule has 0 saturated heterocycles. The van der Waals surface area contributed by atoms with Crippen molar-refractivity contribution in [3.8, 4) is 0 Å². The summed E-state index contributed by atoms with van der Waals surface area (Å²) in [5.74, 6) is 0.484. The van der Waals surface area contributed by atoms with Crippen LogP contribution in [0.1, 0.15) is 47.5 Å². The van der Waals surface area contributed by atoms with Gasteiger partial charge in [-0.1, -0.05) is 27.2 Å². The molecule has 0 spiro atoms. The predicted molar refractivity (Wildman–Crippen MR) is 62.5 cm³/mol. The van der Waals surface area contributed by atoms with E-state index in [9.17, 15) is 9.90 Å². The molecule has 0 aromatic rings. The van der Waals surface area contributed by atoms with E-state index in [0.29, 0.717) is 12.5 Å². The quantitative estimate of drug-likeness (QED) is 0.711. The largest absolute Gasteiger partial charge is 0.389 e. The molecule has 0 saturated carbocycles. The normalized spacial score (nSPS) is 14.1. The maximum atomic E-state index is 11.8. The van der Waals surface area contributed by atoms with Crippen molar-refractivity contribution in [1.29, 1.82) is 0 Å². The number of hydrogen-bond acceptors (Lipinski definition) is 2. The third-order valence-corrected chi connectivity index (χ3v) is 2.44. The number of rotatable bonds is 6. The summed E-state index contributed by atoms with van der Waals surface area (Å²) in [6, 6.07) is 0. The Bertz CT molecular complexity index is 194. The SMILES string of the molecule is CCCC(C(=O)NCC(C)(C)O)C(C)C. The van der Waals surface area contributed by atoms with Crippen molar-refractivity contribution < 1.29 is 9.90 Å². The van der Waals surface area contributed by atoms with E-state index in [-0.39, 0.29) is 11.8 Å². The minimum absolute atomic E-state index is 0.0639. The fraction of sp³-hybridized carbons (Fsp3) is 0.917. The standard InChI is InChI=1S/C12H25NO2/c1-6-7-10(9(2)3)11(14)13-8-12(4,5)15/h9-10,15H,6-8H2,1-5H3,(H,13,14). The van der Waals surface area contributed by atoms with Gasteiger partial charge in [-0.15, -0.1) is 0 Å². The van der Waals surface area contributed by atoms with E-state index in [1.54, 1.807) is 13.8 Å². The number of carbonyl (C=O) groups excluding carboxylic acids is 1. The van der Waals surface area contributed by atoms with E-state index < -0.39 is 5.60 Å². The van der Waals surface area contributed by atoms with Gasteiger partial charge in [0.15, 0.2) is 0 Å². The van der Waals surface area contributed by atoms with E-state index in [1.165, 1.54) is 0 Å². The van der Waals surface area contributed by atoms with Crippen LogP contribution in [0, 0.1) is 11.8 Å². The lowest BCUT2D eigenvalue weighted by Crippen LogP contribution is -2.42. The molecule has 0 aliphatic carbocycles. The molecule has 2 N–H and O–H groups in total. The zero-order valence-electron chi connectivity index (χ0n) is 10.6. The summed E-state index contributed by atoms with van der Waals surface area (Å²) in [5, 5.41) is 12.3. The fourth-order valence-electron chi connectivity index (χ4n) is 1.51. The first-order chi connectivity index (χ1) is 6.78. The monoisotopic (exact) mass is 215 g/mol. The van der Waals surface area contributed by atoms with Crippen molar-refractivity contribution in [3.05, 3.63) is 0 Å². The lowest BCUT2D eigenvalue weighted by molar-refractivity contribution is -0.127. The molecule has 0 heterocycles. The third kappa shape index (κ3) is 6.50. The van der Waals surface area contributed by atoms with Crippen LogP contribution in [-0.4, -0.2) is 23.2 Å². The Morgan fingerprint density at radius 1 is 1.40 bits per heavy atom. The van der Waals surface area contributed by atoms with E-state index >= 15 is 0 Å². The molecule has 3 heteroatoms. The summed E-state index contributed by atoms with van der Waals surface area (Å²) in [7, 11) is 0. The van der Waals surface area contributed by atoms with Gasteiger partial charge in [0.25, 0.3) is 0 Å². The molecule has 0 rings (SSSR count). The molecule has 15 heavy (non-hydrogen) atoms. The highest BCUT2D eigenvalue weighted by molar-refractivity contribution is 5.78. The van der Waals surface area contributed by atoms with Gasteiger partial charge in [-0.3, -0.25) is 4.79 Å². The maximum Gasteiger partial charge on any atom is 0.223 e. The van der Waals surface area contributed by atoms with Crippen LogP contribution in [-0.2, 0) is 4.79 Å². The number of amides is 1. The average molecular weight is 215 g/mol. The Balaban J connectivity index is 4.15. The highest BCUT2D eigenvalue weighted by Gasteiger charge is 2.22. The van der Waals surface area contributed by atoms with Crippen LogP contribution in [0.25, 0.3) is 0 Å². The predicted octanol–water partition coefficient (Wildman–Crippen LogP) is 1.95. The first kappa shape index (κ1) is 14.4. The van der Waals surface area contributed by atoms with Gasteiger partial charge in [-0.2, -0.15) is 0 Å². The Morgan fingerprint density at radius 3 is 2.27 bits per heavy atom. The van der Waals surface area contributed by atoms with E-state index in [2.05, 4.69) is 26.1 Å². The Morgan fingerprint density at radius 2 is 1.93 bits per heavy atom. The second kappa shape index (κ2) is 6.11. The molecule has 1 amide bonds. The van der Waals surface area contributed by atoms with Crippen molar-refractivity contribution in [2.75, 3.05) is 6.54 Å². The summed E-state index contributed by atoms with van der Waals surface area (Å²) in [4.78, 5) is 11.8. The Labute approximate surface area is 93.3 Å². The van der Waals surface area contributed by atoms with Crippen LogP contribution in [0.2, 0.25) is 0 Å². The van der Waals surface area contributed by atoms with Crippen LogP contribution in [0.15, 0.2) is 0 Å². The Kier molecular flexibility index (Phi) is 5.88. The van der Waals surface area contributed by atoms with Crippen molar-refractivity contribution >= 4 is 5.91 Å². The minimum atomic E-state index is -0.830. The lowest BCUT2D eigenvalue weighted by Gasteiger charge is -2.23. The molecule has 3 nitrogen and oxygen atoms in total. The van der Waals surface area contributed by atoms with Gasteiger partial charge in [0.1, 0.15) is 0 Å². The maximum absolute atomic E-state index is 11.8. The summed E-state index contributed by atoms with van der Waals surface area (Å²) >= 11 is 0. The summed E-state index contributed by atoms with van der Waals surface area (Å²) in [5.41, 5.74) is -0.830. The van der Waals surface area contributed by atoms with Crippen molar-refractivity contribution in [2.24, 2.45) is 11.8 Å². The third-order valence-electron chi connectivity index (χ3n) is 2.44. The average Bonchev–Trinajstić information content (AvgIpc) is 2.08. The van der Waals surface area contributed by atoms with E-state index in [0.717, 1.165) is 12.8 Å². The van der Waals surface area contributed by atoms with Gasteiger partial charge in [-0.25, -0.2) is 0 Å². The van der Waals surface area contributed by atoms with Crippen LogP contribution >= 0.6 is 0 Å². The second-order valence-corrected chi connectivity index (χ2v) is 5.17. The Hall–Kier alpha value is -0.570. The minimum Gasteiger partial charge on any atom is -0.389 e. The van der Waals surface area contributed by atoms with E-state index in [4.69, 9.17) is 0 Å². The first-order valence-corrected chi connectivity index (χ1v) is 5.78. The second-order valence-electron chi connectivity index (χ2n) is 5.17. The summed E-state index contributed by atoms with van der Waals surface area (Å²) < 4.78 is 0. The molecule has 90 valence electrons. The van der Waals surface area contributed by atoms with Gasteiger partial charge in [0.2, 0.25) is 5.91 Å². The topological polar surface area (TPSA) is 49.3 Å². The van der Waals surface area contributed by atoms with Crippen LogP contribution in [0.5, 0.6) is 0 Å². The van der Waals surface area contributed by atoms with Gasteiger partial charge in [-0.05, 0) is 26.2 Å². The number of carbonyl (C=O) groups is 1. The van der Waals surface area contributed by atoms with Crippen molar-refractivity contribution in [2.45, 2.75) is 53.1 Å². The molecular formula is C12H25NO2. The molecule has 0 bridgehead atoms. The molecule has 0 fully saturated rings. The zero-order chi connectivity index (χ0) is 12.1. The molecule has 0 aromatic heterocycles. The lowest BCUT2D eigenvalue weighted by atomic mass is 9.90. The highest BCUT2D eigenvalue weighted by Crippen LogP contribution is 2.17. The number of hydrogen-bond donors (Lipinski definition) is 2. The van der Waals surface area contributed by atoms with Crippen LogP contribution in [0.3, 0.4) is 0 Å². The molecule has 1 unspecified atom stereocenters. The van der Waals surface area contributed by atoms with E-state index in [1.807, 2.05) is 0 Å². The van der Waals surface area contributed by atoms with Crippen LogP contribution in [0.4, 0.5) is 0 Å². The summed E-state index contributed by atoms with van der Waals surface area (Å²) in [6.07, 6.45) is 1.92. The van der Waals surface area contributed by atoms with Gasteiger partial charge < -0.3 is 10.4 Å². The molecule has 0 aromatic carbocycles. The van der Waals surface area contributed by atoms with Gasteiger partial charge in [0.05, 0.1) is 5.60 Å². The van der Waals surface area contributed by atoms with Crippen molar-refractivity contribution in [3.63, 3.8) is 0 Å². The van der Waals surface area contributed by atoms with Gasteiger partial charge in [0, 0.05) is 12.5 Å². The molecular weight excluding hydrogens is 190 g/mol. The number of nitrogens with one attached hydrogen (secondary N) is 1. The first-order valence-electron chi connectivity index (χ1n) is 5.78. The molecule has 0 aliphatic rings.